The molecule has 0 aliphatic heterocycles. The first-order chi connectivity index (χ1) is 10.4. The molecule has 122 valence electrons. The molecule has 0 N–H and O–H groups in total. The molecule has 1 fully saturated rings. The SMILES string of the molecule is CC(C)n1ncnc1CS(=O)(=O)CCC1(C#N)CCCCC1. The second-order valence-corrected chi connectivity index (χ2v) is 8.69. The van der Waals surface area contributed by atoms with Crippen LogP contribution in [0.1, 0.15) is 64.2 Å². The Morgan fingerprint density at radius 1 is 1.36 bits per heavy atom. The highest BCUT2D eigenvalue weighted by Crippen LogP contribution is 2.39. The van der Waals surface area contributed by atoms with Crippen LogP contribution < -0.4 is 0 Å². The average Bonchev–Trinajstić information content (AvgIpc) is 2.94. The van der Waals surface area contributed by atoms with Crippen LogP contribution in [0, 0.1) is 16.7 Å². The highest BCUT2D eigenvalue weighted by Gasteiger charge is 2.33. The maximum atomic E-state index is 12.4. The van der Waals surface area contributed by atoms with E-state index in [1.807, 2.05) is 13.8 Å². The number of hydrogen-bond donors (Lipinski definition) is 0. The predicted octanol–water partition coefficient (Wildman–Crippen LogP) is 2.64. The molecule has 1 saturated carbocycles. The molecule has 0 radical (unpaired) electrons. The Labute approximate surface area is 132 Å². The van der Waals surface area contributed by atoms with Gasteiger partial charge in [-0.25, -0.2) is 18.1 Å². The molecule has 1 aromatic rings. The van der Waals surface area contributed by atoms with Gasteiger partial charge in [-0.1, -0.05) is 19.3 Å². The number of sulfone groups is 1. The first-order valence-electron chi connectivity index (χ1n) is 7.88. The lowest BCUT2D eigenvalue weighted by molar-refractivity contribution is 0.259. The normalized spacial score (nSPS) is 18.3. The number of hydrogen-bond acceptors (Lipinski definition) is 5. The fourth-order valence-corrected chi connectivity index (χ4v) is 4.52. The molecule has 0 atom stereocenters. The van der Waals surface area contributed by atoms with Gasteiger partial charge in [-0.05, 0) is 33.1 Å². The quantitative estimate of drug-likeness (QED) is 0.802. The summed E-state index contributed by atoms with van der Waals surface area (Å²) in [5.74, 6) is 0.419. The van der Waals surface area contributed by atoms with Gasteiger partial charge >= 0.3 is 0 Å². The molecule has 0 saturated heterocycles. The minimum atomic E-state index is -3.28. The van der Waals surface area contributed by atoms with Gasteiger partial charge in [0.1, 0.15) is 17.9 Å². The molecule has 1 heterocycles. The molecule has 0 spiro atoms. The molecule has 1 aliphatic rings. The van der Waals surface area contributed by atoms with Crippen molar-refractivity contribution in [2.24, 2.45) is 5.41 Å². The van der Waals surface area contributed by atoms with Crippen molar-refractivity contribution in [2.75, 3.05) is 5.75 Å². The Balaban J connectivity index is 2.02. The molecular weight excluding hydrogens is 300 g/mol. The summed E-state index contributed by atoms with van der Waals surface area (Å²) in [6, 6.07) is 2.46. The molecular formula is C15H24N4O2S. The van der Waals surface area contributed by atoms with Gasteiger partial charge in [-0.15, -0.1) is 0 Å². The van der Waals surface area contributed by atoms with E-state index in [4.69, 9.17) is 0 Å². The Kier molecular flexibility index (Phi) is 5.22. The van der Waals surface area contributed by atoms with E-state index in [0.29, 0.717) is 12.2 Å². The van der Waals surface area contributed by atoms with Crippen molar-refractivity contribution < 1.29 is 8.42 Å². The van der Waals surface area contributed by atoms with Crippen molar-refractivity contribution in [1.82, 2.24) is 14.8 Å². The van der Waals surface area contributed by atoms with E-state index in [9.17, 15) is 13.7 Å². The van der Waals surface area contributed by atoms with Crippen LogP contribution in [0.5, 0.6) is 0 Å². The third-order valence-electron chi connectivity index (χ3n) is 4.42. The first-order valence-corrected chi connectivity index (χ1v) is 9.70. The van der Waals surface area contributed by atoms with E-state index in [1.54, 1.807) is 4.68 Å². The molecule has 1 aliphatic carbocycles. The van der Waals surface area contributed by atoms with Crippen molar-refractivity contribution in [1.29, 1.82) is 5.26 Å². The first kappa shape index (κ1) is 16.9. The standard InChI is InChI=1S/C15H24N4O2S/c1-13(2)19-14(17-12-18-19)10-22(20,21)9-8-15(11-16)6-4-3-5-7-15/h12-13H,3-10H2,1-2H3. The summed E-state index contributed by atoms with van der Waals surface area (Å²) in [5.41, 5.74) is -0.447. The van der Waals surface area contributed by atoms with Crippen LogP contribution >= 0.6 is 0 Å². The van der Waals surface area contributed by atoms with Crippen molar-refractivity contribution in [3.05, 3.63) is 12.2 Å². The van der Waals surface area contributed by atoms with E-state index in [0.717, 1.165) is 32.1 Å². The van der Waals surface area contributed by atoms with E-state index in [-0.39, 0.29) is 17.5 Å². The van der Waals surface area contributed by atoms with Crippen LogP contribution in [0.3, 0.4) is 0 Å². The smallest absolute Gasteiger partial charge is 0.157 e. The van der Waals surface area contributed by atoms with Crippen LogP contribution in [0.25, 0.3) is 0 Å². The largest absolute Gasteiger partial charge is 0.247 e. The monoisotopic (exact) mass is 324 g/mol. The molecule has 0 unspecified atom stereocenters. The van der Waals surface area contributed by atoms with Gasteiger partial charge in [0.15, 0.2) is 9.84 Å². The third-order valence-corrected chi connectivity index (χ3v) is 5.95. The van der Waals surface area contributed by atoms with Crippen LogP contribution in [-0.2, 0) is 15.6 Å². The molecule has 2 rings (SSSR count). The van der Waals surface area contributed by atoms with Crippen LogP contribution in [0.2, 0.25) is 0 Å². The summed E-state index contributed by atoms with van der Waals surface area (Å²) in [6.07, 6.45) is 6.66. The average molecular weight is 324 g/mol. The summed E-state index contributed by atoms with van der Waals surface area (Å²) in [6.45, 7) is 3.88. The Morgan fingerprint density at radius 2 is 2.05 bits per heavy atom. The number of nitriles is 1. The second kappa shape index (κ2) is 6.78. The molecule has 0 amide bonds. The second-order valence-electron chi connectivity index (χ2n) is 6.51. The maximum absolute atomic E-state index is 12.4. The summed E-state index contributed by atoms with van der Waals surface area (Å²) >= 11 is 0. The molecule has 22 heavy (non-hydrogen) atoms. The van der Waals surface area contributed by atoms with E-state index in [2.05, 4.69) is 16.2 Å². The van der Waals surface area contributed by atoms with E-state index >= 15 is 0 Å². The summed E-state index contributed by atoms with van der Waals surface area (Å²) < 4.78 is 26.4. The lowest BCUT2D eigenvalue weighted by atomic mass is 9.73. The lowest BCUT2D eigenvalue weighted by Crippen LogP contribution is -2.26. The lowest BCUT2D eigenvalue weighted by Gasteiger charge is -2.30. The van der Waals surface area contributed by atoms with Gasteiger partial charge < -0.3 is 0 Å². The number of aromatic nitrogens is 3. The Hall–Kier alpha value is -1.42. The minimum absolute atomic E-state index is 0.0471. The summed E-state index contributed by atoms with van der Waals surface area (Å²) in [4.78, 5) is 4.06. The van der Waals surface area contributed by atoms with E-state index < -0.39 is 15.3 Å². The summed E-state index contributed by atoms with van der Waals surface area (Å²) in [5, 5.41) is 13.5. The zero-order valence-corrected chi connectivity index (χ0v) is 14.1. The third kappa shape index (κ3) is 4.07. The molecule has 6 nitrogen and oxygen atoms in total. The zero-order chi connectivity index (χ0) is 16.2. The predicted molar refractivity (Wildman–Crippen MR) is 83.6 cm³/mol. The summed E-state index contributed by atoms with van der Waals surface area (Å²) in [7, 11) is -3.28. The fraction of sp³-hybridized carbons (Fsp3) is 0.800. The molecule has 7 heteroatoms. The molecule has 1 aromatic heterocycles. The number of nitrogens with zero attached hydrogens (tertiary/aromatic N) is 4. The van der Waals surface area contributed by atoms with Gasteiger partial charge in [-0.3, -0.25) is 0 Å². The van der Waals surface area contributed by atoms with Crippen molar-refractivity contribution >= 4 is 9.84 Å². The zero-order valence-electron chi connectivity index (χ0n) is 13.3. The van der Waals surface area contributed by atoms with Crippen molar-refractivity contribution in [2.45, 2.75) is 64.2 Å². The van der Waals surface area contributed by atoms with Crippen LogP contribution in [0.4, 0.5) is 0 Å². The van der Waals surface area contributed by atoms with Gasteiger partial charge in [0.25, 0.3) is 0 Å². The van der Waals surface area contributed by atoms with Gasteiger partial charge in [0, 0.05) is 6.04 Å². The fourth-order valence-electron chi connectivity index (χ4n) is 3.07. The van der Waals surface area contributed by atoms with Gasteiger partial charge in [0.2, 0.25) is 0 Å². The maximum Gasteiger partial charge on any atom is 0.157 e. The molecule has 0 aromatic carbocycles. The van der Waals surface area contributed by atoms with Crippen molar-refractivity contribution in [3.8, 4) is 6.07 Å². The van der Waals surface area contributed by atoms with Gasteiger partial charge in [-0.2, -0.15) is 10.4 Å². The Bertz CT molecular complexity index is 637. The molecule has 0 bridgehead atoms. The number of rotatable bonds is 6. The van der Waals surface area contributed by atoms with Crippen molar-refractivity contribution in [3.63, 3.8) is 0 Å². The van der Waals surface area contributed by atoms with Crippen LogP contribution in [0.15, 0.2) is 6.33 Å². The Morgan fingerprint density at radius 3 is 2.64 bits per heavy atom. The van der Waals surface area contributed by atoms with E-state index in [1.165, 1.54) is 6.33 Å². The topological polar surface area (TPSA) is 88.6 Å². The highest BCUT2D eigenvalue weighted by molar-refractivity contribution is 7.90. The van der Waals surface area contributed by atoms with Gasteiger partial charge in [0.05, 0.1) is 17.2 Å². The minimum Gasteiger partial charge on any atom is -0.247 e. The highest BCUT2D eigenvalue weighted by atomic mass is 32.2. The van der Waals surface area contributed by atoms with Crippen LogP contribution in [-0.4, -0.2) is 28.9 Å².